The van der Waals surface area contributed by atoms with Gasteiger partial charge in [-0.3, -0.25) is 9.78 Å². The molecule has 0 unspecified atom stereocenters. The number of para-hydroxylation sites is 1. The summed E-state index contributed by atoms with van der Waals surface area (Å²) in [4.78, 5) is 18.5. The van der Waals surface area contributed by atoms with Crippen LogP contribution in [0.25, 0.3) is 0 Å². The second kappa shape index (κ2) is 7.74. The Hall–Kier alpha value is -3.28. The van der Waals surface area contributed by atoms with Gasteiger partial charge in [-0.1, -0.05) is 18.2 Å². The zero-order chi connectivity index (χ0) is 18.5. The molecule has 1 amide bonds. The second-order valence-corrected chi connectivity index (χ2v) is 5.60. The van der Waals surface area contributed by atoms with E-state index in [1.165, 1.54) is 18.5 Å². The molecule has 6 heteroatoms. The van der Waals surface area contributed by atoms with E-state index in [1.54, 1.807) is 11.0 Å². The Morgan fingerprint density at radius 1 is 1.08 bits per heavy atom. The van der Waals surface area contributed by atoms with Crippen molar-refractivity contribution in [3.05, 3.63) is 84.2 Å². The lowest BCUT2D eigenvalue weighted by molar-refractivity contribution is 0.0988. The lowest BCUT2D eigenvalue weighted by Crippen LogP contribution is -2.30. The number of hydrogen-bond acceptors (Lipinski definition) is 3. The van der Waals surface area contributed by atoms with Crippen molar-refractivity contribution in [2.24, 2.45) is 0 Å². The molecule has 1 heterocycles. The van der Waals surface area contributed by atoms with Gasteiger partial charge in [-0.2, -0.15) is 0 Å². The Labute approximate surface area is 150 Å². The topological polar surface area (TPSA) is 45.2 Å². The third-order valence-corrected chi connectivity index (χ3v) is 3.82. The van der Waals surface area contributed by atoms with Gasteiger partial charge in [0.1, 0.15) is 11.6 Å². The fourth-order valence-electron chi connectivity index (χ4n) is 2.58. The number of hydrogen-bond donors (Lipinski definition) is 1. The zero-order valence-corrected chi connectivity index (χ0v) is 14.1. The van der Waals surface area contributed by atoms with Gasteiger partial charge in [0.05, 0.1) is 23.1 Å². The molecule has 0 atom stereocenters. The molecule has 26 heavy (non-hydrogen) atoms. The minimum Gasteiger partial charge on any atom is -0.352 e. The summed E-state index contributed by atoms with van der Waals surface area (Å²) in [5.41, 5.74) is 1.69. The number of anilines is 3. The fraction of sp³-hybridized carbons (Fsp3) is 0.100. The molecule has 3 rings (SSSR count). The molecule has 0 radical (unpaired) electrons. The Bertz CT molecular complexity index is 916. The molecule has 0 bridgehead atoms. The van der Waals surface area contributed by atoms with Crippen LogP contribution in [0.5, 0.6) is 0 Å². The van der Waals surface area contributed by atoms with E-state index < -0.39 is 11.6 Å². The maximum absolute atomic E-state index is 13.8. The molecule has 4 nitrogen and oxygen atoms in total. The summed E-state index contributed by atoms with van der Waals surface area (Å²) in [5.74, 6) is -1.59. The maximum Gasteiger partial charge on any atom is 0.259 e. The molecule has 1 aromatic heterocycles. The lowest BCUT2D eigenvalue weighted by Gasteiger charge is -2.21. The van der Waals surface area contributed by atoms with Gasteiger partial charge < -0.3 is 10.2 Å². The van der Waals surface area contributed by atoms with Crippen molar-refractivity contribution in [2.75, 3.05) is 16.8 Å². The number of carbonyl (C=O) groups is 1. The highest BCUT2D eigenvalue weighted by atomic mass is 19.1. The molecule has 0 spiro atoms. The highest BCUT2D eigenvalue weighted by molar-refractivity contribution is 6.06. The van der Waals surface area contributed by atoms with Crippen LogP contribution in [0.3, 0.4) is 0 Å². The van der Waals surface area contributed by atoms with Gasteiger partial charge in [0, 0.05) is 24.5 Å². The first-order valence-electron chi connectivity index (χ1n) is 8.12. The van der Waals surface area contributed by atoms with Crippen LogP contribution < -0.4 is 10.2 Å². The Morgan fingerprint density at radius 3 is 2.54 bits per heavy atom. The molecule has 0 saturated heterocycles. The Kier molecular flexibility index (Phi) is 5.22. The van der Waals surface area contributed by atoms with Gasteiger partial charge in [-0.05, 0) is 37.3 Å². The van der Waals surface area contributed by atoms with Crippen LogP contribution in [0.2, 0.25) is 0 Å². The number of aromatic nitrogens is 1. The van der Waals surface area contributed by atoms with Crippen molar-refractivity contribution in [2.45, 2.75) is 6.92 Å². The Morgan fingerprint density at radius 2 is 1.85 bits per heavy atom. The van der Waals surface area contributed by atoms with E-state index in [-0.39, 0.29) is 11.6 Å². The van der Waals surface area contributed by atoms with E-state index in [1.807, 2.05) is 37.3 Å². The minimum absolute atomic E-state index is 0.105. The molecule has 2 aromatic carbocycles. The fourth-order valence-corrected chi connectivity index (χ4v) is 2.58. The summed E-state index contributed by atoms with van der Waals surface area (Å²) in [6.45, 7) is 2.38. The summed E-state index contributed by atoms with van der Waals surface area (Å²) in [6, 6.07) is 14.1. The van der Waals surface area contributed by atoms with Gasteiger partial charge in [0.15, 0.2) is 0 Å². The summed E-state index contributed by atoms with van der Waals surface area (Å²) in [5, 5.41) is 2.82. The van der Waals surface area contributed by atoms with Gasteiger partial charge in [-0.25, -0.2) is 8.78 Å². The van der Waals surface area contributed by atoms with E-state index in [9.17, 15) is 13.6 Å². The van der Waals surface area contributed by atoms with Gasteiger partial charge in [0.2, 0.25) is 0 Å². The number of pyridine rings is 1. The van der Waals surface area contributed by atoms with E-state index in [4.69, 9.17) is 0 Å². The van der Waals surface area contributed by atoms with Crippen LogP contribution in [-0.2, 0) is 0 Å². The van der Waals surface area contributed by atoms with Crippen LogP contribution in [0, 0.1) is 11.6 Å². The van der Waals surface area contributed by atoms with Crippen molar-refractivity contribution in [1.82, 2.24) is 4.98 Å². The van der Waals surface area contributed by atoms with Gasteiger partial charge in [0.25, 0.3) is 5.91 Å². The number of nitrogens with zero attached hydrogens (tertiary/aromatic N) is 2. The van der Waals surface area contributed by atoms with Crippen molar-refractivity contribution >= 4 is 23.0 Å². The maximum atomic E-state index is 13.8. The third kappa shape index (κ3) is 3.85. The highest BCUT2D eigenvalue weighted by Crippen LogP contribution is 2.22. The molecular weight excluding hydrogens is 336 g/mol. The quantitative estimate of drug-likeness (QED) is 0.719. The number of rotatable bonds is 5. The normalized spacial score (nSPS) is 10.4. The monoisotopic (exact) mass is 353 g/mol. The average Bonchev–Trinajstić information content (AvgIpc) is 2.66. The van der Waals surface area contributed by atoms with Gasteiger partial charge >= 0.3 is 0 Å². The Balaban J connectivity index is 1.85. The predicted molar refractivity (Wildman–Crippen MR) is 97.7 cm³/mol. The second-order valence-electron chi connectivity index (χ2n) is 5.60. The number of carbonyl (C=O) groups excluding carboxylic acids is 1. The molecule has 0 saturated carbocycles. The molecule has 132 valence electrons. The largest absolute Gasteiger partial charge is 0.352 e. The SMILES string of the molecule is CCN(C(=O)c1cncc(Nc2ccc(F)cc2F)c1)c1ccccc1. The molecule has 0 aliphatic rings. The summed E-state index contributed by atoms with van der Waals surface area (Å²) in [7, 11) is 0. The standard InChI is InChI=1S/C20H17F2N3O/c1-2-25(17-6-4-3-5-7-17)20(26)14-10-16(13-23-12-14)24-19-9-8-15(21)11-18(19)22/h3-13,24H,2H2,1H3. The smallest absolute Gasteiger partial charge is 0.259 e. The number of amides is 1. The summed E-state index contributed by atoms with van der Waals surface area (Å²) >= 11 is 0. The summed E-state index contributed by atoms with van der Waals surface area (Å²) < 4.78 is 26.8. The van der Waals surface area contributed by atoms with E-state index in [0.29, 0.717) is 17.8 Å². The molecule has 3 aromatic rings. The predicted octanol–water partition coefficient (Wildman–Crippen LogP) is 4.77. The van der Waals surface area contributed by atoms with Crippen molar-refractivity contribution in [1.29, 1.82) is 0 Å². The van der Waals surface area contributed by atoms with Crippen molar-refractivity contribution in [3.63, 3.8) is 0 Å². The molecule has 0 fully saturated rings. The molecule has 1 N–H and O–H groups in total. The van der Waals surface area contributed by atoms with E-state index >= 15 is 0 Å². The van der Waals surface area contributed by atoms with Crippen molar-refractivity contribution < 1.29 is 13.6 Å². The van der Waals surface area contributed by atoms with Crippen LogP contribution in [0.15, 0.2) is 67.0 Å². The minimum atomic E-state index is -0.721. The van der Waals surface area contributed by atoms with E-state index in [2.05, 4.69) is 10.3 Å². The first-order chi connectivity index (χ1) is 12.6. The number of nitrogens with one attached hydrogen (secondary N) is 1. The number of halogens is 2. The van der Waals surface area contributed by atoms with E-state index in [0.717, 1.165) is 17.8 Å². The lowest BCUT2D eigenvalue weighted by atomic mass is 10.2. The van der Waals surface area contributed by atoms with Crippen LogP contribution in [0.4, 0.5) is 25.8 Å². The molecule has 0 aliphatic carbocycles. The van der Waals surface area contributed by atoms with Crippen LogP contribution >= 0.6 is 0 Å². The first-order valence-corrected chi connectivity index (χ1v) is 8.12. The highest BCUT2D eigenvalue weighted by Gasteiger charge is 2.17. The summed E-state index contributed by atoms with van der Waals surface area (Å²) in [6.07, 6.45) is 2.93. The average molecular weight is 353 g/mol. The van der Waals surface area contributed by atoms with Gasteiger partial charge in [-0.15, -0.1) is 0 Å². The third-order valence-electron chi connectivity index (χ3n) is 3.82. The zero-order valence-electron chi connectivity index (χ0n) is 14.1. The first kappa shape index (κ1) is 17.5. The van der Waals surface area contributed by atoms with Crippen LogP contribution in [-0.4, -0.2) is 17.4 Å². The number of benzene rings is 2. The molecular formula is C20H17F2N3O. The molecule has 0 aliphatic heterocycles. The van der Waals surface area contributed by atoms with Crippen molar-refractivity contribution in [3.8, 4) is 0 Å². The van der Waals surface area contributed by atoms with Crippen LogP contribution in [0.1, 0.15) is 17.3 Å².